The molecule has 0 aromatic heterocycles. The number of carbonyl (C=O) groups excluding carboxylic acids is 4. The number of hydrogen-bond acceptors (Lipinski definition) is 10. The van der Waals surface area contributed by atoms with Crippen LogP contribution < -0.4 is 25.6 Å². The summed E-state index contributed by atoms with van der Waals surface area (Å²) in [5.74, 6) is -0.776. The number of carbonyl (C=O) groups is 4. The minimum Gasteiger partial charge on any atom is -0.491 e. The number of para-hydroxylation sites is 4. The molecule has 44 heavy (non-hydrogen) atoms. The van der Waals surface area contributed by atoms with E-state index in [1.165, 1.54) is 12.6 Å². The first kappa shape index (κ1) is 37.8. The molecule has 2 atom stereocenters. The van der Waals surface area contributed by atoms with Gasteiger partial charge in [0.1, 0.15) is 23.7 Å². The summed E-state index contributed by atoms with van der Waals surface area (Å²) in [5.41, 5.74) is 2.61. The van der Waals surface area contributed by atoms with Gasteiger partial charge in [-0.1, -0.05) is 39.1 Å². The van der Waals surface area contributed by atoms with Gasteiger partial charge < -0.3 is 34.3 Å². The molecule has 0 radical (unpaired) electrons. The average Bonchev–Trinajstić information content (AvgIpc) is 3.05. The van der Waals surface area contributed by atoms with Gasteiger partial charge in [-0.05, 0) is 49.9 Å². The third-order valence-corrected chi connectivity index (χ3v) is 6.18. The van der Waals surface area contributed by atoms with Gasteiger partial charge in [0.2, 0.25) is 5.91 Å². The molecular formula is C31H45N3O10. The third kappa shape index (κ3) is 12.6. The molecule has 13 heteroatoms. The van der Waals surface area contributed by atoms with Crippen molar-refractivity contribution in [3.8, 4) is 11.5 Å². The van der Waals surface area contributed by atoms with Crippen LogP contribution >= 0.6 is 0 Å². The molecule has 0 saturated carbocycles. The Labute approximate surface area is 258 Å². The van der Waals surface area contributed by atoms with Crippen LogP contribution in [0.4, 0.5) is 11.4 Å². The molecule has 4 N–H and O–H groups in total. The number of methoxy groups -OCH3 is 1. The Hall–Kier alpha value is -4.20. The lowest BCUT2D eigenvalue weighted by atomic mass is 10.2. The number of nitrogens with one attached hydrogen (secondary N) is 3. The second-order valence-electron chi connectivity index (χ2n) is 9.32. The molecule has 2 unspecified atom stereocenters. The molecule has 2 aromatic carbocycles. The van der Waals surface area contributed by atoms with Gasteiger partial charge in [0, 0.05) is 13.2 Å². The zero-order chi connectivity index (χ0) is 30.2. The SMILES string of the molecule is C.C.COC(=O)CC1OCCCCOc2ccccc2NC1=O.O=C(CC1OCCCCOc2ccccc2NC1=O)NO. The normalized spacial score (nSPS) is 18.6. The molecule has 2 heterocycles. The number of benzene rings is 2. The van der Waals surface area contributed by atoms with E-state index < -0.39 is 30.0 Å². The Balaban J connectivity index is 0.000000421. The van der Waals surface area contributed by atoms with E-state index in [2.05, 4.69) is 15.4 Å². The minimum absolute atomic E-state index is 0. The number of anilines is 2. The topological polar surface area (TPSA) is 171 Å². The van der Waals surface area contributed by atoms with Gasteiger partial charge in [0.25, 0.3) is 11.8 Å². The highest BCUT2D eigenvalue weighted by Gasteiger charge is 2.25. The lowest BCUT2D eigenvalue weighted by Crippen LogP contribution is -2.35. The van der Waals surface area contributed by atoms with Crippen LogP contribution in [-0.4, -0.2) is 74.6 Å². The Bertz CT molecular complexity index is 1100. The number of ether oxygens (including phenoxy) is 5. The average molecular weight is 620 g/mol. The number of rotatable bonds is 4. The van der Waals surface area contributed by atoms with Crippen molar-refractivity contribution < 1.29 is 48.1 Å². The minimum atomic E-state index is -0.955. The van der Waals surface area contributed by atoms with Gasteiger partial charge in [0.05, 0.1) is 44.5 Å². The second-order valence-corrected chi connectivity index (χ2v) is 9.32. The zero-order valence-electron chi connectivity index (χ0n) is 23.5. The Morgan fingerprint density at radius 2 is 1.20 bits per heavy atom. The first-order chi connectivity index (χ1) is 20.4. The summed E-state index contributed by atoms with van der Waals surface area (Å²) in [7, 11) is 1.29. The van der Waals surface area contributed by atoms with Crippen LogP contribution in [0.25, 0.3) is 0 Å². The van der Waals surface area contributed by atoms with Crippen molar-refractivity contribution >= 4 is 35.1 Å². The van der Waals surface area contributed by atoms with Crippen LogP contribution in [0, 0.1) is 0 Å². The van der Waals surface area contributed by atoms with Gasteiger partial charge in [-0.2, -0.15) is 0 Å². The summed E-state index contributed by atoms with van der Waals surface area (Å²) in [5, 5.41) is 14.0. The number of esters is 1. The quantitative estimate of drug-likeness (QED) is 0.222. The van der Waals surface area contributed by atoms with E-state index >= 15 is 0 Å². The van der Waals surface area contributed by atoms with Crippen LogP contribution in [0.2, 0.25) is 0 Å². The fourth-order valence-corrected chi connectivity index (χ4v) is 3.95. The number of hydroxylamine groups is 1. The van der Waals surface area contributed by atoms with Crippen LogP contribution in [0.1, 0.15) is 53.4 Å². The van der Waals surface area contributed by atoms with E-state index in [0.29, 0.717) is 55.7 Å². The van der Waals surface area contributed by atoms with Gasteiger partial charge in [-0.25, -0.2) is 5.48 Å². The standard InChI is InChI=1S/C15H19NO5.C14H18N2O5.2CH4/c1-19-14(17)10-13-15(18)16-11-6-2-3-7-12(11)20-8-4-5-9-21-13;17-13(16-19)9-12-14(18)15-10-5-1-2-6-11(10)20-7-3-4-8-21-12;;/h2-3,6-7,13H,4-5,8-10H2,1H3,(H,16,18);1-2,5-6,12,19H,3-4,7-9H2,(H,15,18)(H,16,17);2*1H4. The molecule has 2 aliphatic heterocycles. The van der Waals surface area contributed by atoms with Gasteiger partial charge in [0.15, 0.2) is 0 Å². The van der Waals surface area contributed by atoms with Crippen LogP contribution in [0.3, 0.4) is 0 Å². The second kappa shape index (κ2) is 20.7. The maximum Gasteiger partial charge on any atom is 0.308 e. The Morgan fingerprint density at radius 1 is 0.773 bits per heavy atom. The van der Waals surface area contributed by atoms with Crippen molar-refractivity contribution in [3.05, 3.63) is 48.5 Å². The summed E-state index contributed by atoms with van der Waals surface area (Å²) in [6, 6.07) is 14.3. The molecule has 0 saturated heterocycles. The maximum atomic E-state index is 12.3. The molecule has 2 aliphatic rings. The number of fused-ring (bicyclic) bond motifs is 2. The predicted molar refractivity (Wildman–Crippen MR) is 164 cm³/mol. The van der Waals surface area contributed by atoms with Crippen molar-refractivity contribution in [1.82, 2.24) is 5.48 Å². The summed E-state index contributed by atoms with van der Waals surface area (Å²) >= 11 is 0. The first-order valence-corrected chi connectivity index (χ1v) is 13.7. The molecule has 244 valence electrons. The highest BCUT2D eigenvalue weighted by molar-refractivity contribution is 5.98. The fourth-order valence-electron chi connectivity index (χ4n) is 3.95. The lowest BCUT2D eigenvalue weighted by Gasteiger charge is -2.17. The van der Waals surface area contributed by atoms with Crippen LogP contribution in [0.15, 0.2) is 48.5 Å². The fraction of sp³-hybridized carbons (Fsp3) is 0.484. The van der Waals surface area contributed by atoms with Crippen molar-refractivity contribution in [2.75, 3.05) is 44.2 Å². The van der Waals surface area contributed by atoms with Gasteiger partial charge in [-0.15, -0.1) is 0 Å². The third-order valence-electron chi connectivity index (χ3n) is 6.18. The monoisotopic (exact) mass is 619 g/mol. The molecule has 0 bridgehead atoms. The zero-order valence-corrected chi connectivity index (χ0v) is 23.5. The lowest BCUT2D eigenvalue weighted by molar-refractivity contribution is -0.147. The van der Waals surface area contributed by atoms with Crippen LogP contribution in [-0.2, 0) is 33.4 Å². The van der Waals surface area contributed by atoms with E-state index in [9.17, 15) is 19.2 Å². The molecule has 13 nitrogen and oxygen atoms in total. The maximum absolute atomic E-state index is 12.3. The van der Waals surface area contributed by atoms with Crippen molar-refractivity contribution in [2.45, 2.75) is 65.6 Å². The molecule has 0 spiro atoms. The molecular weight excluding hydrogens is 574 g/mol. The largest absolute Gasteiger partial charge is 0.491 e. The van der Waals surface area contributed by atoms with E-state index in [0.717, 1.165) is 19.3 Å². The first-order valence-electron chi connectivity index (χ1n) is 13.7. The van der Waals surface area contributed by atoms with Crippen LogP contribution in [0.5, 0.6) is 11.5 Å². The summed E-state index contributed by atoms with van der Waals surface area (Å²) in [6.07, 6.45) is 0.901. The summed E-state index contributed by atoms with van der Waals surface area (Å²) in [4.78, 5) is 47.1. The van der Waals surface area contributed by atoms with E-state index in [1.807, 2.05) is 12.1 Å². The molecule has 0 aliphatic carbocycles. The van der Waals surface area contributed by atoms with Crippen molar-refractivity contribution in [2.24, 2.45) is 0 Å². The Morgan fingerprint density at radius 3 is 1.66 bits per heavy atom. The van der Waals surface area contributed by atoms with Crippen molar-refractivity contribution in [3.63, 3.8) is 0 Å². The predicted octanol–water partition coefficient (Wildman–Crippen LogP) is 4.10. The highest BCUT2D eigenvalue weighted by atomic mass is 16.5. The highest BCUT2D eigenvalue weighted by Crippen LogP contribution is 2.26. The van der Waals surface area contributed by atoms with Crippen molar-refractivity contribution in [1.29, 1.82) is 0 Å². The molecule has 0 fully saturated rings. The number of hydrogen-bond donors (Lipinski definition) is 4. The molecule has 3 amide bonds. The molecule has 4 rings (SSSR count). The van der Waals surface area contributed by atoms with E-state index in [4.69, 9.17) is 24.2 Å². The van der Waals surface area contributed by atoms with Gasteiger partial charge in [-0.3, -0.25) is 24.4 Å². The summed E-state index contributed by atoms with van der Waals surface area (Å²) in [6.45, 7) is 1.82. The van der Waals surface area contributed by atoms with E-state index in [1.54, 1.807) is 36.4 Å². The summed E-state index contributed by atoms with van der Waals surface area (Å²) < 4.78 is 26.8. The Kier molecular flexibility index (Phi) is 17.8. The van der Waals surface area contributed by atoms with E-state index in [-0.39, 0.29) is 33.6 Å². The smallest absolute Gasteiger partial charge is 0.308 e. The molecule has 2 aromatic rings. The van der Waals surface area contributed by atoms with Gasteiger partial charge >= 0.3 is 5.97 Å². The number of amides is 3.